The highest BCUT2D eigenvalue weighted by Crippen LogP contribution is 2.21. The van der Waals surface area contributed by atoms with Crippen molar-refractivity contribution in [3.05, 3.63) is 59.2 Å². The number of aryl methyl sites for hydroxylation is 1. The van der Waals surface area contributed by atoms with E-state index in [9.17, 15) is 4.79 Å². The molecule has 29 heavy (non-hydrogen) atoms. The van der Waals surface area contributed by atoms with Crippen molar-refractivity contribution >= 4 is 47.6 Å². The van der Waals surface area contributed by atoms with Crippen LogP contribution in [0.25, 0.3) is 0 Å². The summed E-state index contributed by atoms with van der Waals surface area (Å²) in [6.45, 7) is 3.35. The maximum Gasteiger partial charge on any atom is 0.239 e. The number of methoxy groups -OCH3 is 1. The maximum atomic E-state index is 12.1. The van der Waals surface area contributed by atoms with E-state index in [0.29, 0.717) is 19.0 Å². The van der Waals surface area contributed by atoms with E-state index >= 15 is 0 Å². The number of nitrogens with zero attached hydrogens (tertiary/aromatic N) is 1. The molecule has 6 nitrogen and oxygen atoms in total. The SMILES string of the molecule is CN=C(NCC(=O)NCc1ccc(OC)cc1)NCc1ccc(C)cc1SC.I. The van der Waals surface area contributed by atoms with E-state index in [1.807, 2.05) is 24.3 Å². The third kappa shape index (κ3) is 8.53. The smallest absolute Gasteiger partial charge is 0.239 e. The lowest BCUT2D eigenvalue weighted by atomic mass is 10.1. The van der Waals surface area contributed by atoms with Crippen LogP contribution in [0.15, 0.2) is 52.4 Å². The normalized spacial score (nSPS) is 10.7. The lowest BCUT2D eigenvalue weighted by molar-refractivity contribution is -0.120. The Labute approximate surface area is 194 Å². The van der Waals surface area contributed by atoms with Gasteiger partial charge in [-0.05, 0) is 48.1 Å². The highest BCUT2D eigenvalue weighted by molar-refractivity contribution is 14.0. The lowest BCUT2D eigenvalue weighted by Gasteiger charge is -2.14. The number of guanidine groups is 1. The number of nitrogens with one attached hydrogen (secondary N) is 3. The first kappa shape index (κ1) is 25.1. The summed E-state index contributed by atoms with van der Waals surface area (Å²) in [5.41, 5.74) is 3.45. The van der Waals surface area contributed by atoms with Crippen LogP contribution in [0.1, 0.15) is 16.7 Å². The average molecular weight is 528 g/mol. The first-order valence-electron chi connectivity index (χ1n) is 9.03. The van der Waals surface area contributed by atoms with E-state index in [-0.39, 0.29) is 36.4 Å². The van der Waals surface area contributed by atoms with Crippen molar-refractivity contribution in [2.45, 2.75) is 24.9 Å². The average Bonchev–Trinajstić information content (AvgIpc) is 2.73. The zero-order valence-corrected chi connectivity index (χ0v) is 20.4. The van der Waals surface area contributed by atoms with Gasteiger partial charge in [0.25, 0.3) is 0 Å². The summed E-state index contributed by atoms with van der Waals surface area (Å²) < 4.78 is 5.13. The second kappa shape index (κ2) is 13.3. The largest absolute Gasteiger partial charge is 0.497 e. The van der Waals surface area contributed by atoms with Gasteiger partial charge in [-0.2, -0.15) is 0 Å². The molecule has 0 fully saturated rings. The molecule has 0 unspecified atom stereocenters. The van der Waals surface area contributed by atoms with Crippen LogP contribution in [0.4, 0.5) is 0 Å². The van der Waals surface area contributed by atoms with Gasteiger partial charge in [-0.1, -0.05) is 24.3 Å². The Morgan fingerprint density at radius 2 is 1.79 bits per heavy atom. The fourth-order valence-electron chi connectivity index (χ4n) is 2.57. The number of thioether (sulfide) groups is 1. The number of ether oxygens (including phenoxy) is 1. The summed E-state index contributed by atoms with van der Waals surface area (Å²) in [6.07, 6.45) is 2.07. The van der Waals surface area contributed by atoms with Crippen molar-refractivity contribution in [2.75, 3.05) is 27.0 Å². The van der Waals surface area contributed by atoms with Gasteiger partial charge in [0, 0.05) is 25.0 Å². The Kier molecular flexibility index (Phi) is 11.5. The zero-order valence-electron chi connectivity index (χ0n) is 17.2. The zero-order chi connectivity index (χ0) is 20.4. The summed E-state index contributed by atoms with van der Waals surface area (Å²) in [5, 5.41) is 9.18. The Morgan fingerprint density at radius 1 is 1.07 bits per heavy atom. The Balaban J connectivity index is 0.00000420. The van der Waals surface area contributed by atoms with E-state index in [4.69, 9.17) is 4.74 Å². The Morgan fingerprint density at radius 3 is 2.41 bits per heavy atom. The second-order valence-electron chi connectivity index (χ2n) is 6.22. The molecule has 8 heteroatoms. The van der Waals surface area contributed by atoms with Gasteiger partial charge < -0.3 is 20.7 Å². The topological polar surface area (TPSA) is 74.8 Å². The molecule has 158 valence electrons. The molecule has 0 saturated heterocycles. The minimum Gasteiger partial charge on any atom is -0.497 e. The van der Waals surface area contributed by atoms with Crippen molar-refractivity contribution in [2.24, 2.45) is 4.99 Å². The fourth-order valence-corrected chi connectivity index (χ4v) is 3.27. The molecule has 0 bridgehead atoms. The molecule has 1 amide bonds. The van der Waals surface area contributed by atoms with Gasteiger partial charge in [-0.25, -0.2) is 0 Å². The van der Waals surface area contributed by atoms with Crippen molar-refractivity contribution in [3.8, 4) is 5.75 Å². The van der Waals surface area contributed by atoms with Gasteiger partial charge in [0.05, 0.1) is 13.7 Å². The number of carbonyl (C=O) groups is 1. The molecule has 0 aromatic heterocycles. The molecule has 0 aliphatic heterocycles. The first-order chi connectivity index (χ1) is 13.5. The summed E-state index contributed by atoms with van der Waals surface area (Å²) in [5.74, 6) is 1.29. The molecular weight excluding hydrogens is 499 g/mol. The van der Waals surface area contributed by atoms with Crippen LogP contribution in [-0.2, 0) is 17.9 Å². The molecular formula is C21H29IN4O2S. The van der Waals surface area contributed by atoms with Crippen molar-refractivity contribution in [1.29, 1.82) is 0 Å². The van der Waals surface area contributed by atoms with Gasteiger partial charge in [0.2, 0.25) is 5.91 Å². The summed E-state index contributed by atoms with van der Waals surface area (Å²) in [6, 6.07) is 14.0. The standard InChI is InChI=1S/C21H28N4O2S.HI/c1-15-5-8-17(19(11-15)28-4)13-24-21(22-2)25-14-20(26)23-12-16-6-9-18(27-3)10-7-16;/h5-11H,12-14H2,1-4H3,(H,23,26)(H2,22,24,25);1H. The predicted octanol–water partition coefficient (Wildman–Crippen LogP) is 3.32. The number of hydrogen-bond donors (Lipinski definition) is 3. The minimum atomic E-state index is -0.0982. The third-order valence-corrected chi connectivity index (χ3v) is 5.00. The number of aliphatic imine (C=N–C) groups is 1. The summed E-state index contributed by atoms with van der Waals surface area (Å²) in [7, 11) is 3.32. The van der Waals surface area contributed by atoms with Crippen LogP contribution in [0.2, 0.25) is 0 Å². The second-order valence-corrected chi connectivity index (χ2v) is 7.07. The molecule has 0 spiro atoms. The lowest BCUT2D eigenvalue weighted by Crippen LogP contribution is -2.42. The van der Waals surface area contributed by atoms with Crippen LogP contribution < -0.4 is 20.7 Å². The Bertz CT molecular complexity index is 813. The first-order valence-corrected chi connectivity index (χ1v) is 10.3. The molecule has 3 N–H and O–H groups in total. The van der Waals surface area contributed by atoms with E-state index in [0.717, 1.165) is 11.3 Å². The molecule has 0 atom stereocenters. The van der Waals surface area contributed by atoms with Crippen LogP contribution in [0.3, 0.4) is 0 Å². The molecule has 0 radical (unpaired) electrons. The van der Waals surface area contributed by atoms with Crippen molar-refractivity contribution in [3.63, 3.8) is 0 Å². The van der Waals surface area contributed by atoms with Gasteiger partial charge in [0.15, 0.2) is 5.96 Å². The van der Waals surface area contributed by atoms with Crippen LogP contribution in [-0.4, -0.2) is 38.8 Å². The molecule has 2 rings (SSSR count). The van der Waals surface area contributed by atoms with Gasteiger partial charge in [-0.3, -0.25) is 9.79 Å². The monoisotopic (exact) mass is 528 g/mol. The van der Waals surface area contributed by atoms with Crippen LogP contribution in [0.5, 0.6) is 5.75 Å². The summed E-state index contributed by atoms with van der Waals surface area (Å²) in [4.78, 5) is 17.5. The van der Waals surface area contributed by atoms with Gasteiger partial charge in [-0.15, -0.1) is 35.7 Å². The number of hydrogen-bond acceptors (Lipinski definition) is 4. The molecule has 2 aromatic rings. The maximum absolute atomic E-state index is 12.1. The number of amides is 1. The third-order valence-electron chi connectivity index (χ3n) is 4.18. The highest BCUT2D eigenvalue weighted by atomic mass is 127. The number of benzene rings is 2. The minimum absolute atomic E-state index is 0. The number of halogens is 1. The van der Waals surface area contributed by atoms with Crippen molar-refractivity contribution in [1.82, 2.24) is 16.0 Å². The highest BCUT2D eigenvalue weighted by Gasteiger charge is 2.06. The van der Waals surface area contributed by atoms with Gasteiger partial charge in [0.1, 0.15) is 5.75 Å². The van der Waals surface area contributed by atoms with Crippen LogP contribution in [0, 0.1) is 6.92 Å². The van der Waals surface area contributed by atoms with Gasteiger partial charge >= 0.3 is 0 Å². The van der Waals surface area contributed by atoms with E-state index in [1.165, 1.54) is 16.0 Å². The molecule has 2 aromatic carbocycles. The number of carbonyl (C=O) groups excluding carboxylic acids is 1. The van der Waals surface area contributed by atoms with E-state index in [2.05, 4.69) is 52.3 Å². The predicted molar refractivity (Wildman–Crippen MR) is 131 cm³/mol. The Hall–Kier alpha value is -1.94. The number of rotatable bonds is 8. The van der Waals surface area contributed by atoms with E-state index < -0.39 is 0 Å². The van der Waals surface area contributed by atoms with E-state index in [1.54, 1.807) is 25.9 Å². The van der Waals surface area contributed by atoms with Crippen molar-refractivity contribution < 1.29 is 9.53 Å². The molecule has 0 saturated carbocycles. The molecule has 0 heterocycles. The quantitative estimate of drug-likeness (QED) is 0.212. The van der Waals surface area contributed by atoms with Crippen LogP contribution >= 0.6 is 35.7 Å². The molecule has 0 aliphatic carbocycles. The summed E-state index contributed by atoms with van der Waals surface area (Å²) >= 11 is 1.72. The fraction of sp³-hybridized carbons (Fsp3) is 0.333. The molecule has 0 aliphatic rings.